The van der Waals surface area contributed by atoms with E-state index in [-0.39, 0.29) is 18.1 Å². The molecule has 134 valence electrons. The minimum atomic E-state index is -0.334. The maximum atomic E-state index is 12.4. The molecule has 25 heavy (non-hydrogen) atoms. The van der Waals surface area contributed by atoms with Gasteiger partial charge in [0.1, 0.15) is 0 Å². The lowest BCUT2D eigenvalue weighted by molar-refractivity contribution is -0.124. The molecule has 1 amide bonds. The van der Waals surface area contributed by atoms with Gasteiger partial charge in [0, 0.05) is 19.2 Å². The van der Waals surface area contributed by atoms with E-state index in [1.165, 1.54) is 0 Å². The molecule has 2 atom stereocenters. The van der Waals surface area contributed by atoms with Crippen molar-refractivity contribution < 1.29 is 14.1 Å². The summed E-state index contributed by atoms with van der Waals surface area (Å²) >= 11 is 12.1. The molecule has 1 aromatic carbocycles. The summed E-state index contributed by atoms with van der Waals surface area (Å²) in [6, 6.07) is 6.80. The summed E-state index contributed by atoms with van der Waals surface area (Å²) in [5.74, 6) is 0.203. The molecule has 1 saturated heterocycles. The highest BCUT2D eigenvalue weighted by atomic mass is 35.5. The second-order valence-electron chi connectivity index (χ2n) is 6.03. The molecule has 1 fully saturated rings. The molecule has 6 nitrogen and oxygen atoms in total. The molecule has 3 rings (SSSR count). The molecule has 0 aliphatic carbocycles. The summed E-state index contributed by atoms with van der Waals surface area (Å²) in [6.07, 6.45) is -0.161. The summed E-state index contributed by atoms with van der Waals surface area (Å²) in [6.45, 7) is 5.44. The number of carbonyl (C=O) groups is 1. The summed E-state index contributed by atoms with van der Waals surface area (Å²) in [7, 11) is 0. The van der Waals surface area contributed by atoms with Crippen LogP contribution in [0.25, 0.3) is 0 Å². The van der Waals surface area contributed by atoms with Crippen LogP contribution in [0.4, 0.5) is 5.88 Å². The average Bonchev–Trinajstić information content (AvgIpc) is 3.01. The number of aromatic nitrogens is 1. The lowest BCUT2D eigenvalue weighted by Gasteiger charge is -2.36. The van der Waals surface area contributed by atoms with Crippen molar-refractivity contribution in [1.82, 2.24) is 10.1 Å². The number of anilines is 1. The fourth-order valence-electron chi connectivity index (χ4n) is 2.75. The van der Waals surface area contributed by atoms with E-state index in [2.05, 4.69) is 15.4 Å². The lowest BCUT2D eigenvalue weighted by atomic mass is 10.1. The smallest absolute Gasteiger partial charge is 0.243 e. The summed E-state index contributed by atoms with van der Waals surface area (Å²) in [4.78, 5) is 14.5. The maximum absolute atomic E-state index is 12.4. The molecular weight excluding hydrogens is 365 g/mol. The van der Waals surface area contributed by atoms with Crippen molar-refractivity contribution in [3.05, 3.63) is 45.6 Å². The highest BCUT2D eigenvalue weighted by Crippen LogP contribution is 2.29. The Balaban J connectivity index is 1.65. The van der Waals surface area contributed by atoms with E-state index in [0.29, 0.717) is 41.3 Å². The Morgan fingerprint density at radius 2 is 2.16 bits per heavy atom. The molecule has 1 N–H and O–H groups in total. The Bertz CT molecular complexity index is 765. The number of morpholine rings is 1. The number of aryl methyl sites for hydroxylation is 1. The van der Waals surface area contributed by atoms with Crippen LogP contribution in [0, 0.1) is 6.92 Å². The number of nitrogens with one attached hydrogen (secondary N) is 1. The third kappa shape index (κ3) is 4.33. The van der Waals surface area contributed by atoms with Gasteiger partial charge in [-0.3, -0.25) is 15.0 Å². The number of halogens is 2. The first-order chi connectivity index (χ1) is 11.9. The van der Waals surface area contributed by atoms with Crippen molar-refractivity contribution in [2.45, 2.75) is 26.0 Å². The topological polar surface area (TPSA) is 67.6 Å². The first-order valence-corrected chi connectivity index (χ1v) is 8.74. The maximum Gasteiger partial charge on any atom is 0.243 e. The van der Waals surface area contributed by atoms with Crippen LogP contribution >= 0.6 is 23.2 Å². The van der Waals surface area contributed by atoms with Crippen LogP contribution in [0.5, 0.6) is 0 Å². The zero-order valence-electron chi connectivity index (χ0n) is 14.0. The number of hydrogen-bond donors (Lipinski definition) is 1. The highest BCUT2D eigenvalue weighted by molar-refractivity contribution is 6.42. The van der Waals surface area contributed by atoms with Gasteiger partial charge in [-0.05, 0) is 31.5 Å². The Kier molecular flexibility index (Phi) is 5.64. The van der Waals surface area contributed by atoms with Gasteiger partial charge in [-0.1, -0.05) is 34.4 Å². The van der Waals surface area contributed by atoms with Crippen LogP contribution in [0.1, 0.15) is 24.3 Å². The van der Waals surface area contributed by atoms with Crippen LogP contribution in [-0.4, -0.2) is 41.7 Å². The third-order valence-electron chi connectivity index (χ3n) is 4.21. The van der Waals surface area contributed by atoms with Crippen LogP contribution in [0.15, 0.2) is 28.8 Å². The molecule has 1 aromatic heterocycles. The molecule has 2 heterocycles. The van der Waals surface area contributed by atoms with Gasteiger partial charge in [0.05, 0.1) is 34.5 Å². The van der Waals surface area contributed by atoms with Gasteiger partial charge < -0.3 is 9.26 Å². The minimum Gasteiger partial charge on any atom is -0.371 e. The molecule has 0 spiro atoms. The Labute approximate surface area is 156 Å². The standard InChI is InChI=1S/C17H19Cl2N3O3/c1-10-7-16(25-21-10)20-17(23)11(2)22-5-6-24-15(9-22)12-3-4-13(18)14(19)8-12/h3-4,7-8,11,15H,5-6,9H2,1-2H3,(H,20,23). The van der Waals surface area contributed by atoms with E-state index in [1.807, 2.05) is 13.0 Å². The number of nitrogens with zero attached hydrogens (tertiary/aromatic N) is 2. The van der Waals surface area contributed by atoms with Crippen LogP contribution < -0.4 is 5.32 Å². The molecule has 1 aliphatic rings. The zero-order chi connectivity index (χ0) is 18.0. The van der Waals surface area contributed by atoms with Crippen molar-refractivity contribution >= 4 is 35.0 Å². The molecule has 1 aliphatic heterocycles. The fraction of sp³-hybridized carbons (Fsp3) is 0.412. The van der Waals surface area contributed by atoms with E-state index in [1.54, 1.807) is 25.1 Å². The number of ether oxygens (including phenoxy) is 1. The van der Waals surface area contributed by atoms with Crippen LogP contribution in [0.3, 0.4) is 0 Å². The van der Waals surface area contributed by atoms with Gasteiger partial charge in [-0.2, -0.15) is 0 Å². The Morgan fingerprint density at radius 3 is 2.84 bits per heavy atom. The molecule has 0 radical (unpaired) electrons. The van der Waals surface area contributed by atoms with E-state index < -0.39 is 0 Å². The van der Waals surface area contributed by atoms with Crippen molar-refractivity contribution in [1.29, 1.82) is 0 Å². The first kappa shape index (κ1) is 18.2. The Morgan fingerprint density at radius 1 is 1.36 bits per heavy atom. The monoisotopic (exact) mass is 383 g/mol. The SMILES string of the molecule is Cc1cc(NC(=O)C(C)N2CCOC(c3ccc(Cl)c(Cl)c3)C2)on1. The number of amides is 1. The van der Waals surface area contributed by atoms with Gasteiger partial charge in [-0.15, -0.1) is 0 Å². The minimum absolute atomic E-state index is 0.147. The molecule has 2 aromatic rings. The van der Waals surface area contributed by atoms with Crippen molar-refractivity contribution in [2.24, 2.45) is 0 Å². The molecule has 0 bridgehead atoms. The predicted octanol–water partition coefficient (Wildman–Crippen LogP) is 3.69. The van der Waals surface area contributed by atoms with E-state index in [9.17, 15) is 4.79 Å². The second kappa shape index (κ2) is 7.74. The van der Waals surface area contributed by atoms with Gasteiger partial charge >= 0.3 is 0 Å². The summed E-state index contributed by atoms with van der Waals surface area (Å²) < 4.78 is 10.9. The number of hydrogen-bond acceptors (Lipinski definition) is 5. The Hall–Kier alpha value is -1.60. The van der Waals surface area contributed by atoms with Crippen molar-refractivity contribution in [3.8, 4) is 0 Å². The lowest BCUT2D eigenvalue weighted by Crippen LogP contribution is -2.48. The number of carbonyl (C=O) groups excluding carboxylic acids is 1. The highest BCUT2D eigenvalue weighted by Gasteiger charge is 2.29. The first-order valence-electron chi connectivity index (χ1n) is 7.99. The van der Waals surface area contributed by atoms with E-state index >= 15 is 0 Å². The van der Waals surface area contributed by atoms with Gasteiger partial charge in [0.2, 0.25) is 11.8 Å². The van der Waals surface area contributed by atoms with E-state index in [0.717, 1.165) is 5.56 Å². The summed E-state index contributed by atoms with van der Waals surface area (Å²) in [5.41, 5.74) is 1.66. The molecular formula is C17H19Cl2N3O3. The zero-order valence-corrected chi connectivity index (χ0v) is 15.5. The van der Waals surface area contributed by atoms with Crippen LogP contribution in [0.2, 0.25) is 10.0 Å². The van der Waals surface area contributed by atoms with Gasteiger partial charge in [0.15, 0.2) is 0 Å². The van der Waals surface area contributed by atoms with Crippen molar-refractivity contribution in [3.63, 3.8) is 0 Å². The molecule has 8 heteroatoms. The van der Waals surface area contributed by atoms with Gasteiger partial charge in [0.25, 0.3) is 0 Å². The quantitative estimate of drug-likeness (QED) is 0.871. The van der Waals surface area contributed by atoms with Crippen molar-refractivity contribution in [2.75, 3.05) is 25.0 Å². The fourth-order valence-corrected chi connectivity index (χ4v) is 3.06. The predicted molar refractivity (Wildman–Crippen MR) is 96.1 cm³/mol. The normalized spacial score (nSPS) is 19.6. The number of benzene rings is 1. The average molecular weight is 384 g/mol. The van der Waals surface area contributed by atoms with E-state index in [4.69, 9.17) is 32.5 Å². The number of rotatable bonds is 4. The largest absolute Gasteiger partial charge is 0.371 e. The molecule has 0 saturated carbocycles. The second-order valence-corrected chi connectivity index (χ2v) is 6.84. The summed E-state index contributed by atoms with van der Waals surface area (Å²) in [5, 5.41) is 7.50. The van der Waals surface area contributed by atoms with Crippen LogP contribution in [-0.2, 0) is 9.53 Å². The third-order valence-corrected chi connectivity index (χ3v) is 4.95. The molecule has 2 unspecified atom stereocenters. The van der Waals surface area contributed by atoms with Gasteiger partial charge in [-0.25, -0.2) is 0 Å².